The molecule has 0 unspecified atom stereocenters. The second-order valence-electron chi connectivity index (χ2n) is 6.34. The van der Waals surface area contributed by atoms with E-state index in [-0.39, 0.29) is 24.0 Å². The van der Waals surface area contributed by atoms with Gasteiger partial charge in [0, 0.05) is 22.9 Å². The standard InChI is InChI=1S/C22H33N3O2S.HI/c1-4-20-10-11-21(28-20)16-25-22(23-5-2)24-15-18-8-7-9-19(14-18)17-27-13-12-26-6-3;/h7-11,14H,4-6,12-13,15-17H2,1-3H3,(H2,23,24,25);1H. The van der Waals surface area contributed by atoms with Crippen molar-refractivity contribution in [3.8, 4) is 0 Å². The largest absolute Gasteiger partial charge is 0.379 e. The molecule has 2 aromatic rings. The van der Waals surface area contributed by atoms with Crippen LogP contribution in [0.5, 0.6) is 0 Å². The van der Waals surface area contributed by atoms with E-state index in [1.165, 1.54) is 15.3 Å². The summed E-state index contributed by atoms with van der Waals surface area (Å²) < 4.78 is 10.9. The molecule has 0 spiro atoms. The summed E-state index contributed by atoms with van der Waals surface area (Å²) in [5.74, 6) is 0.840. The van der Waals surface area contributed by atoms with E-state index in [4.69, 9.17) is 14.5 Å². The van der Waals surface area contributed by atoms with Crippen LogP contribution in [0.4, 0.5) is 0 Å². The molecule has 0 aliphatic rings. The second-order valence-corrected chi connectivity index (χ2v) is 7.59. The van der Waals surface area contributed by atoms with Crippen molar-refractivity contribution < 1.29 is 9.47 Å². The van der Waals surface area contributed by atoms with Gasteiger partial charge in [-0.15, -0.1) is 35.3 Å². The highest BCUT2D eigenvalue weighted by Gasteiger charge is 2.02. The highest BCUT2D eigenvalue weighted by atomic mass is 127. The molecule has 0 saturated carbocycles. The molecule has 0 aliphatic carbocycles. The van der Waals surface area contributed by atoms with E-state index >= 15 is 0 Å². The fourth-order valence-corrected chi connectivity index (χ4v) is 3.56. The lowest BCUT2D eigenvalue weighted by atomic mass is 10.1. The zero-order valence-corrected chi connectivity index (χ0v) is 20.8. The van der Waals surface area contributed by atoms with Crippen molar-refractivity contribution in [1.82, 2.24) is 10.6 Å². The number of benzene rings is 1. The Balaban J connectivity index is 0.00000420. The first-order chi connectivity index (χ1) is 13.7. The van der Waals surface area contributed by atoms with Gasteiger partial charge in [-0.1, -0.05) is 31.2 Å². The number of rotatable bonds is 12. The first kappa shape index (κ1) is 25.9. The third-order valence-electron chi connectivity index (χ3n) is 4.10. The minimum atomic E-state index is 0. The van der Waals surface area contributed by atoms with Crippen LogP contribution in [0.15, 0.2) is 41.4 Å². The van der Waals surface area contributed by atoms with Gasteiger partial charge in [-0.2, -0.15) is 0 Å². The van der Waals surface area contributed by atoms with E-state index in [9.17, 15) is 0 Å². The van der Waals surface area contributed by atoms with E-state index < -0.39 is 0 Å². The van der Waals surface area contributed by atoms with Crippen molar-refractivity contribution in [2.75, 3.05) is 26.4 Å². The molecule has 162 valence electrons. The number of aliphatic imine (C=N–C) groups is 1. The lowest BCUT2D eigenvalue weighted by Crippen LogP contribution is -2.36. The molecule has 0 saturated heterocycles. The molecular weight excluding hydrogens is 497 g/mol. The van der Waals surface area contributed by atoms with Crippen LogP contribution in [-0.4, -0.2) is 32.3 Å². The van der Waals surface area contributed by atoms with Crippen LogP contribution in [0.2, 0.25) is 0 Å². The van der Waals surface area contributed by atoms with Crippen LogP contribution in [0.3, 0.4) is 0 Å². The molecule has 1 heterocycles. The number of hydrogen-bond acceptors (Lipinski definition) is 4. The van der Waals surface area contributed by atoms with Crippen LogP contribution in [0, 0.1) is 0 Å². The van der Waals surface area contributed by atoms with Crippen LogP contribution < -0.4 is 10.6 Å². The van der Waals surface area contributed by atoms with E-state index in [0.717, 1.165) is 37.6 Å². The fourth-order valence-electron chi connectivity index (χ4n) is 2.66. The fraction of sp³-hybridized carbons (Fsp3) is 0.500. The second kappa shape index (κ2) is 15.6. The van der Waals surface area contributed by atoms with Crippen LogP contribution in [0.1, 0.15) is 41.7 Å². The van der Waals surface area contributed by atoms with Gasteiger partial charge in [0.25, 0.3) is 0 Å². The monoisotopic (exact) mass is 531 g/mol. The number of nitrogens with zero attached hydrogens (tertiary/aromatic N) is 1. The normalized spacial score (nSPS) is 11.2. The van der Waals surface area contributed by atoms with Gasteiger partial charge in [-0.3, -0.25) is 0 Å². The molecule has 1 aromatic heterocycles. The Hall–Kier alpha value is -1.16. The summed E-state index contributed by atoms with van der Waals surface area (Å²) in [7, 11) is 0. The minimum absolute atomic E-state index is 0. The number of nitrogens with one attached hydrogen (secondary N) is 2. The maximum Gasteiger partial charge on any atom is 0.191 e. The number of ether oxygens (including phenoxy) is 2. The maximum atomic E-state index is 5.66. The predicted octanol–water partition coefficient (Wildman–Crippen LogP) is 4.74. The summed E-state index contributed by atoms with van der Waals surface area (Å²) >= 11 is 1.85. The maximum absolute atomic E-state index is 5.66. The third-order valence-corrected chi connectivity index (χ3v) is 5.33. The summed E-state index contributed by atoms with van der Waals surface area (Å²) in [5.41, 5.74) is 2.33. The first-order valence-corrected chi connectivity index (χ1v) is 10.9. The number of halogens is 1. The van der Waals surface area contributed by atoms with Gasteiger partial charge >= 0.3 is 0 Å². The van der Waals surface area contributed by atoms with Crippen molar-refractivity contribution in [1.29, 1.82) is 0 Å². The Kier molecular flexibility index (Phi) is 14.0. The van der Waals surface area contributed by atoms with Gasteiger partial charge in [0.1, 0.15) is 0 Å². The molecule has 29 heavy (non-hydrogen) atoms. The van der Waals surface area contributed by atoms with Crippen LogP contribution >= 0.6 is 35.3 Å². The zero-order chi connectivity index (χ0) is 20.0. The van der Waals surface area contributed by atoms with E-state index in [1.807, 2.05) is 18.3 Å². The Labute approximate surface area is 196 Å². The Morgan fingerprint density at radius 3 is 2.45 bits per heavy atom. The molecule has 7 heteroatoms. The molecule has 0 fully saturated rings. The molecule has 0 aliphatic heterocycles. The average molecular weight is 532 g/mol. The van der Waals surface area contributed by atoms with E-state index in [1.54, 1.807) is 0 Å². The third kappa shape index (κ3) is 10.4. The lowest BCUT2D eigenvalue weighted by molar-refractivity contribution is 0.0453. The predicted molar refractivity (Wildman–Crippen MR) is 133 cm³/mol. The Morgan fingerprint density at radius 1 is 0.966 bits per heavy atom. The number of aryl methyl sites for hydroxylation is 1. The number of thiophene rings is 1. The topological polar surface area (TPSA) is 54.9 Å². The molecule has 0 atom stereocenters. The summed E-state index contributed by atoms with van der Waals surface area (Å²) in [4.78, 5) is 7.47. The zero-order valence-electron chi connectivity index (χ0n) is 17.7. The first-order valence-electron chi connectivity index (χ1n) is 10.1. The number of hydrogen-bond donors (Lipinski definition) is 2. The lowest BCUT2D eigenvalue weighted by Gasteiger charge is -2.11. The Bertz CT molecular complexity index is 722. The SMILES string of the molecule is CCNC(=NCc1cccc(COCCOCC)c1)NCc1ccc(CC)s1.I. The molecule has 0 bridgehead atoms. The van der Waals surface area contributed by atoms with Gasteiger partial charge in [0.2, 0.25) is 0 Å². The number of guanidine groups is 1. The molecule has 0 amide bonds. The molecule has 1 aromatic carbocycles. The highest BCUT2D eigenvalue weighted by molar-refractivity contribution is 14.0. The van der Waals surface area contributed by atoms with Gasteiger partial charge in [-0.05, 0) is 43.5 Å². The van der Waals surface area contributed by atoms with E-state index in [0.29, 0.717) is 26.4 Å². The summed E-state index contributed by atoms with van der Waals surface area (Å²) in [6.45, 7) is 11.1. The van der Waals surface area contributed by atoms with Crippen molar-refractivity contribution in [3.63, 3.8) is 0 Å². The molecule has 0 radical (unpaired) electrons. The smallest absolute Gasteiger partial charge is 0.191 e. The van der Waals surface area contributed by atoms with Crippen molar-refractivity contribution in [2.24, 2.45) is 4.99 Å². The Morgan fingerprint density at radius 2 is 1.72 bits per heavy atom. The van der Waals surface area contributed by atoms with E-state index in [2.05, 4.69) is 60.9 Å². The van der Waals surface area contributed by atoms with Crippen LogP contribution in [-0.2, 0) is 35.6 Å². The van der Waals surface area contributed by atoms with Gasteiger partial charge in [-0.25, -0.2) is 4.99 Å². The summed E-state index contributed by atoms with van der Waals surface area (Å²) in [6.07, 6.45) is 1.09. The summed E-state index contributed by atoms with van der Waals surface area (Å²) in [5, 5.41) is 6.74. The minimum Gasteiger partial charge on any atom is -0.379 e. The van der Waals surface area contributed by atoms with Gasteiger partial charge in [0.05, 0.1) is 32.9 Å². The molecule has 2 N–H and O–H groups in total. The quantitative estimate of drug-likeness (QED) is 0.180. The highest BCUT2D eigenvalue weighted by Crippen LogP contribution is 2.16. The average Bonchev–Trinajstić information content (AvgIpc) is 3.18. The van der Waals surface area contributed by atoms with Gasteiger partial charge < -0.3 is 20.1 Å². The van der Waals surface area contributed by atoms with Crippen molar-refractivity contribution in [3.05, 3.63) is 57.3 Å². The van der Waals surface area contributed by atoms with Crippen molar-refractivity contribution >= 4 is 41.3 Å². The molecule has 2 rings (SSSR count). The molecular formula is C22H34IN3O2S. The molecule has 5 nitrogen and oxygen atoms in total. The van der Waals surface area contributed by atoms with Crippen molar-refractivity contribution in [2.45, 2.75) is 46.9 Å². The van der Waals surface area contributed by atoms with Gasteiger partial charge in [0.15, 0.2) is 5.96 Å². The summed E-state index contributed by atoms with van der Waals surface area (Å²) in [6, 6.07) is 12.8. The van der Waals surface area contributed by atoms with Crippen LogP contribution in [0.25, 0.3) is 0 Å².